The number of hydrogen-bond acceptors (Lipinski definition) is 3. The van der Waals surface area contributed by atoms with E-state index in [2.05, 4.69) is 5.32 Å². The van der Waals surface area contributed by atoms with Crippen molar-refractivity contribution in [1.29, 1.82) is 0 Å². The predicted octanol–water partition coefficient (Wildman–Crippen LogP) is 1.05. The lowest BCUT2D eigenvalue weighted by Crippen LogP contribution is -2.25. The van der Waals surface area contributed by atoms with Crippen molar-refractivity contribution in [1.82, 2.24) is 5.32 Å². The summed E-state index contributed by atoms with van der Waals surface area (Å²) >= 11 is 0. The molecule has 0 aliphatic heterocycles. The average Bonchev–Trinajstić information content (AvgIpc) is 2.24. The molecule has 0 heterocycles. The third-order valence-electron chi connectivity index (χ3n) is 2.44. The fourth-order valence-corrected chi connectivity index (χ4v) is 1.92. The Balaban J connectivity index is 2.42. The van der Waals surface area contributed by atoms with Crippen LogP contribution in [0.5, 0.6) is 0 Å². The molecule has 1 amide bonds. The predicted molar refractivity (Wildman–Crippen MR) is 67.4 cm³/mol. The van der Waals surface area contributed by atoms with Crippen molar-refractivity contribution >= 4 is 15.7 Å². The molecule has 0 aromatic heterocycles. The van der Waals surface area contributed by atoms with Gasteiger partial charge in [0.05, 0.1) is 5.75 Å². The molecule has 1 rings (SSSR count). The fraction of sp³-hybridized carbons (Fsp3) is 0.417. The maximum Gasteiger partial charge on any atom is 0.221 e. The Morgan fingerprint density at radius 3 is 2.53 bits per heavy atom. The van der Waals surface area contributed by atoms with E-state index in [9.17, 15) is 13.2 Å². The van der Waals surface area contributed by atoms with Crippen LogP contribution in [0.2, 0.25) is 0 Å². The van der Waals surface area contributed by atoms with Crippen LogP contribution < -0.4 is 5.32 Å². The van der Waals surface area contributed by atoms with E-state index in [1.807, 2.05) is 31.2 Å². The molecular weight excluding hydrogens is 238 g/mol. The van der Waals surface area contributed by atoms with Crippen molar-refractivity contribution < 1.29 is 13.2 Å². The van der Waals surface area contributed by atoms with Gasteiger partial charge in [-0.25, -0.2) is 8.42 Å². The second-order valence-corrected chi connectivity index (χ2v) is 6.34. The van der Waals surface area contributed by atoms with Crippen molar-refractivity contribution in [3.63, 3.8) is 0 Å². The lowest BCUT2D eigenvalue weighted by Gasteiger charge is -2.07. The second kappa shape index (κ2) is 5.82. The van der Waals surface area contributed by atoms with Crippen molar-refractivity contribution in [3.8, 4) is 0 Å². The van der Waals surface area contributed by atoms with Gasteiger partial charge in [0.25, 0.3) is 0 Å². The van der Waals surface area contributed by atoms with Crippen LogP contribution in [-0.4, -0.2) is 26.3 Å². The van der Waals surface area contributed by atoms with Gasteiger partial charge in [-0.1, -0.05) is 24.3 Å². The minimum atomic E-state index is -3.07. The van der Waals surface area contributed by atoms with E-state index in [0.717, 1.165) is 17.4 Å². The highest BCUT2D eigenvalue weighted by Gasteiger charge is 2.07. The first kappa shape index (κ1) is 13.7. The number of hydrogen-bond donors (Lipinski definition) is 1. The SMILES string of the molecule is Cc1ccccc1CNC(=O)CCS(C)(=O)=O. The van der Waals surface area contributed by atoms with E-state index in [4.69, 9.17) is 0 Å². The van der Waals surface area contributed by atoms with E-state index >= 15 is 0 Å². The van der Waals surface area contributed by atoms with Crippen LogP contribution in [0.15, 0.2) is 24.3 Å². The first-order valence-corrected chi connectivity index (χ1v) is 7.43. The number of aryl methyl sites for hydroxylation is 1. The Bertz CT molecular complexity index is 494. The molecule has 0 unspecified atom stereocenters. The van der Waals surface area contributed by atoms with E-state index < -0.39 is 9.84 Å². The quantitative estimate of drug-likeness (QED) is 0.855. The first-order valence-electron chi connectivity index (χ1n) is 5.37. The number of carbonyl (C=O) groups is 1. The van der Waals surface area contributed by atoms with Crippen LogP contribution in [0.3, 0.4) is 0 Å². The maximum absolute atomic E-state index is 11.4. The van der Waals surface area contributed by atoms with Gasteiger partial charge in [-0.15, -0.1) is 0 Å². The molecule has 0 saturated heterocycles. The summed E-state index contributed by atoms with van der Waals surface area (Å²) in [4.78, 5) is 11.4. The summed E-state index contributed by atoms with van der Waals surface area (Å²) in [7, 11) is -3.07. The van der Waals surface area contributed by atoms with Crippen molar-refractivity contribution in [2.75, 3.05) is 12.0 Å². The molecular formula is C12H17NO3S. The zero-order valence-corrected chi connectivity index (χ0v) is 10.9. The number of benzene rings is 1. The monoisotopic (exact) mass is 255 g/mol. The molecule has 1 aromatic rings. The molecule has 1 N–H and O–H groups in total. The normalized spacial score (nSPS) is 11.2. The van der Waals surface area contributed by atoms with Gasteiger partial charge in [-0.05, 0) is 18.1 Å². The minimum absolute atomic E-state index is 0.0186. The molecule has 0 aliphatic rings. The van der Waals surface area contributed by atoms with Gasteiger partial charge >= 0.3 is 0 Å². The molecule has 0 aliphatic carbocycles. The average molecular weight is 255 g/mol. The van der Waals surface area contributed by atoms with E-state index in [0.29, 0.717) is 6.54 Å². The minimum Gasteiger partial charge on any atom is -0.352 e. The topological polar surface area (TPSA) is 63.2 Å². The van der Waals surface area contributed by atoms with Crippen LogP contribution in [0.25, 0.3) is 0 Å². The standard InChI is InChI=1S/C12H17NO3S/c1-10-5-3-4-6-11(10)9-13-12(14)7-8-17(2,15)16/h3-6H,7-9H2,1-2H3,(H,13,14). The number of sulfone groups is 1. The summed E-state index contributed by atoms with van der Waals surface area (Å²) in [6.45, 7) is 2.41. The summed E-state index contributed by atoms with van der Waals surface area (Å²) in [6.07, 6.45) is 1.15. The van der Waals surface area contributed by atoms with Crippen LogP contribution in [0.1, 0.15) is 17.5 Å². The van der Waals surface area contributed by atoms with E-state index in [1.165, 1.54) is 0 Å². The van der Waals surface area contributed by atoms with Crippen molar-refractivity contribution in [3.05, 3.63) is 35.4 Å². The molecule has 5 heteroatoms. The van der Waals surface area contributed by atoms with Crippen LogP contribution >= 0.6 is 0 Å². The smallest absolute Gasteiger partial charge is 0.221 e. The highest BCUT2D eigenvalue weighted by atomic mass is 32.2. The van der Waals surface area contributed by atoms with Gasteiger partial charge in [-0.2, -0.15) is 0 Å². The Labute approximate surface area is 102 Å². The lowest BCUT2D eigenvalue weighted by atomic mass is 10.1. The van der Waals surface area contributed by atoms with E-state index in [-0.39, 0.29) is 18.1 Å². The van der Waals surface area contributed by atoms with Gasteiger partial charge < -0.3 is 5.32 Å². The molecule has 17 heavy (non-hydrogen) atoms. The zero-order valence-electron chi connectivity index (χ0n) is 10.1. The third-order valence-corrected chi connectivity index (χ3v) is 3.38. The highest BCUT2D eigenvalue weighted by molar-refractivity contribution is 7.90. The molecule has 0 radical (unpaired) electrons. The Morgan fingerprint density at radius 1 is 1.29 bits per heavy atom. The summed E-state index contributed by atoms with van der Waals surface area (Å²) in [5.41, 5.74) is 2.15. The second-order valence-electron chi connectivity index (χ2n) is 4.08. The Hall–Kier alpha value is -1.36. The molecule has 94 valence electrons. The highest BCUT2D eigenvalue weighted by Crippen LogP contribution is 2.06. The fourth-order valence-electron chi connectivity index (χ4n) is 1.37. The lowest BCUT2D eigenvalue weighted by molar-refractivity contribution is -0.120. The van der Waals surface area contributed by atoms with Gasteiger partial charge in [0.1, 0.15) is 9.84 Å². The Morgan fingerprint density at radius 2 is 1.94 bits per heavy atom. The summed E-state index contributed by atoms with van der Waals surface area (Å²) < 4.78 is 21.8. The summed E-state index contributed by atoms with van der Waals surface area (Å²) in [5.74, 6) is -0.342. The number of rotatable bonds is 5. The molecule has 4 nitrogen and oxygen atoms in total. The van der Waals surface area contributed by atoms with Crippen LogP contribution in [-0.2, 0) is 21.2 Å². The molecule has 0 saturated carbocycles. The molecule has 0 bridgehead atoms. The first-order chi connectivity index (χ1) is 7.88. The van der Waals surface area contributed by atoms with Crippen molar-refractivity contribution in [2.45, 2.75) is 19.9 Å². The molecule has 1 aromatic carbocycles. The number of amides is 1. The van der Waals surface area contributed by atoms with Gasteiger partial charge in [0.15, 0.2) is 0 Å². The molecule has 0 spiro atoms. The van der Waals surface area contributed by atoms with Crippen molar-refractivity contribution in [2.24, 2.45) is 0 Å². The largest absolute Gasteiger partial charge is 0.352 e. The number of carbonyl (C=O) groups excluding carboxylic acids is 1. The van der Waals surface area contributed by atoms with Crippen LogP contribution in [0, 0.1) is 6.92 Å². The summed E-state index contributed by atoms with van der Waals surface area (Å²) in [6, 6.07) is 7.75. The molecule has 0 atom stereocenters. The van der Waals surface area contributed by atoms with Crippen LogP contribution in [0.4, 0.5) is 0 Å². The number of nitrogens with one attached hydrogen (secondary N) is 1. The van der Waals surface area contributed by atoms with Gasteiger partial charge in [0, 0.05) is 19.2 Å². The van der Waals surface area contributed by atoms with Gasteiger partial charge in [-0.3, -0.25) is 4.79 Å². The van der Waals surface area contributed by atoms with Gasteiger partial charge in [0.2, 0.25) is 5.91 Å². The molecule has 0 fully saturated rings. The summed E-state index contributed by atoms with van der Waals surface area (Å²) in [5, 5.41) is 2.71. The third kappa shape index (κ3) is 5.49. The van der Waals surface area contributed by atoms with E-state index in [1.54, 1.807) is 0 Å². The Kier molecular flexibility index (Phi) is 4.69. The maximum atomic E-state index is 11.4. The zero-order chi connectivity index (χ0) is 12.9.